The summed E-state index contributed by atoms with van der Waals surface area (Å²) in [5.41, 5.74) is 1.48. The zero-order valence-electron chi connectivity index (χ0n) is 19.6. The Morgan fingerprint density at radius 2 is 2.06 bits per heavy atom. The normalized spacial score (nSPS) is 17.9. The van der Waals surface area contributed by atoms with E-state index in [0.717, 1.165) is 19.5 Å². The van der Waals surface area contributed by atoms with Crippen LogP contribution in [0.4, 0.5) is 5.69 Å². The number of anilines is 1. The highest BCUT2D eigenvalue weighted by Gasteiger charge is 2.28. The van der Waals surface area contributed by atoms with Crippen LogP contribution < -0.4 is 15.4 Å². The molecule has 1 fully saturated rings. The van der Waals surface area contributed by atoms with E-state index in [-0.39, 0.29) is 36.4 Å². The summed E-state index contributed by atoms with van der Waals surface area (Å²) in [6.07, 6.45) is 6.76. The summed E-state index contributed by atoms with van der Waals surface area (Å²) in [6, 6.07) is 4.43. The maximum atomic E-state index is 12.9. The molecular formula is C23H33N5O5S. The Kier molecular flexibility index (Phi) is 8.81. The van der Waals surface area contributed by atoms with Gasteiger partial charge in [-0.2, -0.15) is 0 Å². The molecule has 0 radical (unpaired) electrons. The SMILES string of the molecule is CCCN(CC1CC1)C1C=C(C(=O)Nc2ccc(S(=O)(=O)NCCCC(=O)O)cc2C)NC=N1. The van der Waals surface area contributed by atoms with Crippen molar-refractivity contribution in [1.82, 2.24) is 14.9 Å². The van der Waals surface area contributed by atoms with E-state index in [0.29, 0.717) is 22.9 Å². The molecule has 1 amide bonds. The lowest BCUT2D eigenvalue weighted by atomic mass is 10.2. The van der Waals surface area contributed by atoms with E-state index in [2.05, 4.69) is 32.2 Å². The molecule has 0 aromatic heterocycles. The lowest BCUT2D eigenvalue weighted by molar-refractivity contribution is -0.137. The number of carboxylic acids is 1. The quantitative estimate of drug-likeness (QED) is 0.310. The maximum Gasteiger partial charge on any atom is 0.303 e. The number of aliphatic imine (C=N–C) groups is 1. The predicted molar refractivity (Wildman–Crippen MR) is 130 cm³/mol. The number of nitrogens with one attached hydrogen (secondary N) is 3. The molecule has 0 spiro atoms. The second kappa shape index (κ2) is 11.6. The Labute approximate surface area is 200 Å². The molecule has 1 aromatic rings. The first-order chi connectivity index (χ1) is 16.2. The third-order valence-electron chi connectivity index (χ3n) is 5.70. The van der Waals surface area contributed by atoms with Gasteiger partial charge < -0.3 is 15.7 Å². The number of aliphatic carboxylic acids is 1. The van der Waals surface area contributed by atoms with Gasteiger partial charge in [0.15, 0.2) is 0 Å². The molecule has 1 aliphatic heterocycles. The Balaban J connectivity index is 1.64. The highest BCUT2D eigenvalue weighted by molar-refractivity contribution is 7.89. The number of hydrogen-bond donors (Lipinski definition) is 4. The molecule has 10 nitrogen and oxygen atoms in total. The maximum absolute atomic E-state index is 12.9. The molecule has 186 valence electrons. The largest absolute Gasteiger partial charge is 0.481 e. The van der Waals surface area contributed by atoms with E-state index in [1.54, 1.807) is 19.3 Å². The fourth-order valence-corrected chi connectivity index (χ4v) is 4.84. The van der Waals surface area contributed by atoms with Crippen molar-refractivity contribution in [2.45, 2.75) is 57.0 Å². The molecule has 1 unspecified atom stereocenters. The van der Waals surface area contributed by atoms with Gasteiger partial charge in [0.25, 0.3) is 5.91 Å². The van der Waals surface area contributed by atoms with E-state index in [1.165, 1.54) is 25.0 Å². The van der Waals surface area contributed by atoms with Crippen molar-refractivity contribution in [3.8, 4) is 0 Å². The number of nitrogens with zero attached hydrogens (tertiary/aromatic N) is 2. The smallest absolute Gasteiger partial charge is 0.303 e. The number of aryl methyl sites for hydroxylation is 1. The molecule has 2 aliphatic rings. The van der Waals surface area contributed by atoms with Crippen LogP contribution in [0.5, 0.6) is 0 Å². The third-order valence-corrected chi connectivity index (χ3v) is 7.16. The van der Waals surface area contributed by atoms with Crippen LogP contribution in [0.2, 0.25) is 0 Å². The number of carbonyl (C=O) groups excluding carboxylic acids is 1. The van der Waals surface area contributed by atoms with Crippen LogP contribution in [-0.2, 0) is 19.6 Å². The molecule has 4 N–H and O–H groups in total. The lowest BCUT2D eigenvalue weighted by Crippen LogP contribution is -2.40. The summed E-state index contributed by atoms with van der Waals surface area (Å²) in [7, 11) is -3.78. The van der Waals surface area contributed by atoms with Gasteiger partial charge in [0.2, 0.25) is 10.0 Å². The summed E-state index contributed by atoms with van der Waals surface area (Å²) in [4.78, 5) is 30.3. The average molecular weight is 492 g/mol. The number of carbonyl (C=O) groups is 2. The van der Waals surface area contributed by atoms with Crippen molar-refractivity contribution >= 4 is 33.9 Å². The number of benzene rings is 1. The van der Waals surface area contributed by atoms with Gasteiger partial charge in [-0.3, -0.25) is 19.5 Å². The molecule has 3 rings (SSSR count). The van der Waals surface area contributed by atoms with Gasteiger partial charge in [-0.15, -0.1) is 0 Å². The van der Waals surface area contributed by atoms with E-state index in [1.807, 2.05) is 6.08 Å². The first-order valence-electron chi connectivity index (χ1n) is 11.6. The Morgan fingerprint density at radius 1 is 1.29 bits per heavy atom. The van der Waals surface area contributed by atoms with Crippen LogP contribution in [-0.4, -0.2) is 62.4 Å². The Bertz CT molecular complexity index is 1070. The number of carboxylic acid groups (broad SMARTS) is 1. The van der Waals surface area contributed by atoms with Crippen molar-refractivity contribution < 1.29 is 23.1 Å². The van der Waals surface area contributed by atoms with Crippen LogP contribution in [0.15, 0.2) is 39.9 Å². The zero-order valence-corrected chi connectivity index (χ0v) is 20.4. The summed E-state index contributed by atoms with van der Waals surface area (Å²) >= 11 is 0. The van der Waals surface area contributed by atoms with E-state index >= 15 is 0 Å². The van der Waals surface area contributed by atoms with Gasteiger partial charge in [0.05, 0.1) is 11.2 Å². The Morgan fingerprint density at radius 3 is 2.71 bits per heavy atom. The lowest BCUT2D eigenvalue weighted by Gasteiger charge is -2.29. The Hall–Kier alpha value is -2.76. The van der Waals surface area contributed by atoms with Gasteiger partial charge >= 0.3 is 5.97 Å². The molecule has 1 saturated carbocycles. The topological polar surface area (TPSA) is 140 Å². The second-order valence-corrected chi connectivity index (χ2v) is 10.4. The number of rotatable bonds is 13. The van der Waals surface area contributed by atoms with Crippen molar-refractivity contribution in [3.05, 3.63) is 35.5 Å². The first kappa shape index (κ1) is 25.9. The monoisotopic (exact) mass is 491 g/mol. The van der Waals surface area contributed by atoms with E-state index < -0.39 is 16.0 Å². The molecule has 1 aliphatic carbocycles. The minimum atomic E-state index is -3.78. The molecule has 1 heterocycles. The molecule has 34 heavy (non-hydrogen) atoms. The van der Waals surface area contributed by atoms with Crippen LogP contribution >= 0.6 is 0 Å². The van der Waals surface area contributed by atoms with Gasteiger partial charge in [0, 0.05) is 31.7 Å². The van der Waals surface area contributed by atoms with Crippen molar-refractivity contribution in [2.75, 3.05) is 25.0 Å². The number of amides is 1. The standard InChI is InChI=1S/C23H33N5O5S/c1-3-11-28(14-17-6-7-17)21-13-20(24-15-25-21)23(31)27-19-9-8-18(12-16(19)2)34(32,33)26-10-4-5-22(29)30/h8-9,12-13,15,17,21,26H,3-7,10-11,14H2,1-2H3,(H,24,25)(H,27,31)(H,29,30). The van der Waals surface area contributed by atoms with Gasteiger partial charge in [-0.1, -0.05) is 6.92 Å². The van der Waals surface area contributed by atoms with Crippen LogP contribution in [0.3, 0.4) is 0 Å². The molecule has 0 saturated heterocycles. The van der Waals surface area contributed by atoms with Gasteiger partial charge in [-0.05, 0) is 68.4 Å². The molecule has 1 aromatic carbocycles. The van der Waals surface area contributed by atoms with Crippen molar-refractivity contribution in [1.29, 1.82) is 0 Å². The van der Waals surface area contributed by atoms with Crippen molar-refractivity contribution in [2.24, 2.45) is 10.9 Å². The minimum Gasteiger partial charge on any atom is -0.481 e. The molecule has 1 atom stereocenters. The van der Waals surface area contributed by atoms with E-state index in [4.69, 9.17) is 5.11 Å². The number of sulfonamides is 1. The second-order valence-electron chi connectivity index (χ2n) is 8.68. The van der Waals surface area contributed by atoms with Gasteiger partial charge in [0.1, 0.15) is 11.9 Å². The van der Waals surface area contributed by atoms with Crippen molar-refractivity contribution in [3.63, 3.8) is 0 Å². The summed E-state index contributed by atoms with van der Waals surface area (Å²) in [6.45, 7) is 5.75. The first-order valence-corrected chi connectivity index (χ1v) is 13.1. The van der Waals surface area contributed by atoms with E-state index in [9.17, 15) is 18.0 Å². The van der Waals surface area contributed by atoms with Gasteiger partial charge in [-0.25, -0.2) is 13.1 Å². The minimum absolute atomic E-state index is 0.0323. The highest BCUT2D eigenvalue weighted by atomic mass is 32.2. The van der Waals surface area contributed by atoms with Crippen LogP contribution in [0.25, 0.3) is 0 Å². The predicted octanol–water partition coefficient (Wildman–Crippen LogP) is 2.04. The molecular weight excluding hydrogens is 458 g/mol. The average Bonchev–Trinajstić information content (AvgIpc) is 3.62. The summed E-state index contributed by atoms with van der Waals surface area (Å²) in [5, 5.41) is 14.4. The fourth-order valence-electron chi connectivity index (χ4n) is 3.68. The zero-order chi connectivity index (χ0) is 24.7. The highest BCUT2D eigenvalue weighted by Crippen LogP contribution is 2.31. The summed E-state index contributed by atoms with van der Waals surface area (Å²) in [5.74, 6) is -0.591. The molecule has 0 bridgehead atoms. The van der Waals surface area contributed by atoms with Crippen LogP contribution in [0, 0.1) is 12.8 Å². The number of hydrogen-bond acceptors (Lipinski definition) is 7. The molecule has 11 heteroatoms. The van der Waals surface area contributed by atoms with Crippen LogP contribution in [0.1, 0.15) is 44.6 Å². The third kappa shape index (κ3) is 7.37. The fraction of sp³-hybridized carbons (Fsp3) is 0.522. The summed E-state index contributed by atoms with van der Waals surface area (Å²) < 4.78 is 27.3.